The number of thiazole rings is 1. The minimum Gasteiger partial charge on any atom is -0.444 e. The molecule has 5 rings (SSSR count). The highest BCUT2D eigenvalue weighted by Crippen LogP contribution is 2.41. The number of rotatable bonds is 8. The highest BCUT2D eigenvalue weighted by Gasteiger charge is 2.44. The zero-order valence-electron chi connectivity index (χ0n) is 20.9. The van der Waals surface area contributed by atoms with Crippen molar-refractivity contribution in [3.05, 3.63) is 68.8 Å². The summed E-state index contributed by atoms with van der Waals surface area (Å²) in [6, 6.07) is 3.52. The number of nitrogens with zero attached hydrogens (tertiary/aromatic N) is 2. The monoisotopic (exact) mass is 616 g/mol. The Morgan fingerprint density at radius 2 is 1.82 bits per heavy atom. The molecule has 0 bridgehead atoms. The van der Waals surface area contributed by atoms with Gasteiger partial charge in [-0.1, -0.05) is 11.6 Å². The maximum Gasteiger partial charge on any atom is 0.412 e. The normalized spacial score (nSPS) is 16.9. The highest BCUT2D eigenvalue weighted by molar-refractivity contribution is 7.92. The molecule has 0 radical (unpaired) electrons. The second kappa shape index (κ2) is 11.5. The molecule has 15 heteroatoms. The number of halogens is 4. The molecule has 9 nitrogen and oxygen atoms in total. The summed E-state index contributed by atoms with van der Waals surface area (Å²) in [6.07, 6.45) is 0.713. The zero-order valence-corrected chi connectivity index (χ0v) is 23.3. The molecule has 2 N–H and O–H groups in total. The number of hydrogen-bond donors (Lipinski definition) is 2. The summed E-state index contributed by atoms with van der Waals surface area (Å²) >= 11 is 7.24. The molecule has 2 fully saturated rings. The first kappa shape index (κ1) is 28.6. The van der Waals surface area contributed by atoms with Crippen LogP contribution in [0.5, 0.6) is 0 Å². The second-order valence-corrected chi connectivity index (χ2v) is 12.5. The fourth-order valence-electron chi connectivity index (χ4n) is 4.89. The van der Waals surface area contributed by atoms with Crippen molar-refractivity contribution in [2.24, 2.45) is 5.41 Å². The molecule has 1 spiro atoms. The van der Waals surface area contributed by atoms with Crippen molar-refractivity contribution in [3.8, 4) is 0 Å². The standard InChI is InChI=1S/C25H24ClF3N4O5S2/c26-17-7-22(40(35,36)32-23-11-39-14-30-23)20(29)8-21(17)31-24(34)38-10-16-15(18(27)1-2-19(16)28)9-33-12-25(13-33)3-5-37-6-4-25/h1-2,7-8,11,14,32H,3-6,9-10,12-13H2,(H,31,34). The first-order chi connectivity index (χ1) is 19.1. The number of anilines is 2. The minimum atomic E-state index is -4.35. The van der Waals surface area contributed by atoms with E-state index >= 15 is 0 Å². The first-order valence-corrected chi connectivity index (χ1v) is 15.0. The summed E-state index contributed by atoms with van der Waals surface area (Å²) in [7, 11) is -4.35. The third-order valence-corrected chi connectivity index (χ3v) is 9.21. The van der Waals surface area contributed by atoms with E-state index in [1.165, 1.54) is 10.9 Å². The molecule has 2 saturated heterocycles. The van der Waals surface area contributed by atoms with Crippen LogP contribution in [0.3, 0.4) is 0 Å². The molecule has 1 amide bonds. The predicted octanol–water partition coefficient (Wildman–Crippen LogP) is 5.38. The van der Waals surface area contributed by atoms with E-state index in [2.05, 4.69) is 15.0 Å². The van der Waals surface area contributed by atoms with Gasteiger partial charge in [0, 0.05) is 60.8 Å². The van der Waals surface area contributed by atoms with Crippen molar-refractivity contribution in [3.63, 3.8) is 0 Å². The van der Waals surface area contributed by atoms with Crippen LogP contribution in [0.25, 0.3) is 0 Å². The summed E-state index contributed by atoms with van der Waals surface area (Å²) < 4.78 is 81.8. The van der Waals surface area contributed by atoms with Gasteiger partial charge in [0.2, 0.25) is 0 Å². The lowest BCUT2D eigenvalue weighted by Crippen LogP contribution is -2.57. The first-order valence-electron chi connectivity index (χ1n) is 12.1. The van der Waals surface area contributed by atoms with Gasteiger partial charge >= 0.3 is 6.09 Å². The Morgan fingerprint density at radius 1 is 1.12 bits per heavy atom. The molecule has 0 unspecified atom stereocenters. The number of sulfonamides is 1. The Balaban J connectivity index is 1.23. The van der Waals surface area contributed by atoms with Crippen LogP contribution in [0, 0.1) is 22.9 Å². The molecular formula is C25H24ClF3N4O5S2. The Morgan fingerprint density at radius 3 is 2.50 bits per heavy atom. The number of carbonyl (C=O) groups excluding carboxylic acids is 1. The van der Waals surface area contributed by atoms with Gasteiger partial charge in [0.25, 0.3) is 10.0 Å². The molecule has 0 saturated carbocycles. The molecule has 1 aromatic heterocycles. The van der Waals surface area contributed by atoms with E-state index in [0.717, 1.165) is 55.5 Å². The average Bonchev–Trinajstić information content (AvgIpc) is 3.39. The van der Waals surface area contributed by atoms with E-state index in [9.17, 15) is 26.4 Å². The topological polar surface area (TPSA) is 110 Å². The lowest BCUT2D eigenvalue weighted by molar-refractivity contribution is -0.0843. The van der Waals surface area contributed by atoms with Gasteiger partial charge in [0.15, 0.2) is 5.82 Å². The van der Waals surface area contributed by atoms with Crippen molar-refractivity contribution in [1.82, 2.24) is 9.88 Å². The Hall–Kier alpha value is -2.91. The van der Waals surface area contributed by atoms with E-state index in [1.54, 1.807) is 0 Å². The number of aromatic nitrogens is 1. The third kappa shape index (κ3) is 6.20. The van der Waals surface area contributed by atoms with Gasteiger partial charge in [0.1, 0.15) is 29.0 Å². The highest BCUT2D eigenvalue weighted by atomic mass is 35.5. The largest absolute Gasteiger partial charge is 0.444 e. The average molecular weight is 617 g/mol. The Bertz CT molecular complexity index is 1510. The number of likely N-dealkylation sites (tertiary alicyclic amines) is 1. The van der Waals surface area contributed by atoms with Crippen LogP contribution in [-0.4, -0.2) is 50.7 Å². The van der Waals surface area contributed by atoms with Gasteiger partial charge in [-0.25, -0.2) is 31.4 Å². The number of carbonyl (C=O) groups is 1. The molecule has 3 aromatic rings. The SMILES string of the molecule is O=C(Nc1cc(F)c(S(=O)(=O)Nc2cscn2)cc1Cl)OCc1c(F)ccc(F)c1CN1CC2(CCOCC2)C1. The number of amides is 1. The van der Waals surface area contributed by atoms with Crippen LogP contribution >= 0.6 is 22.9 Å². The maximum atomic E-state index is 14.7. The van der Waals surface area contributed by atoms with E-state index in [1.807, 2.05) is 4.90 Å². The van der Waals surface area contributed by atoms with Crippen molar-refractivity contribution in [1.29, 1.82) is 0 Å². The summed E-state index contributed by atoms with van der Waals surface area (Å²) in [6.45, 7) is 2.40. The molecule has 0 aliphatic carbocycles. The number of benzene rings is 2. The molecule has 214 valence electrons. The summed E-state index contributed by atoms with van der Waals surface area (Å²) in [5.41, 5.74) is 1.22. The molecule has 40 heavy (non-hydrogen) atoms. The molecule has 2 aliphatic heterocycles. The summed E-state index contributed by atoms with van der Waals surface area (Å²) in [5.74, 6) is -2.55. The van der Waals surface area contributed by atoms with Gasteiger partial charge in [-0.3, -0.25) is 14.9 Å². The summed E-state index contributed by atoms with van der Waals surface area (Å²) in [4.78, 5) is 17.5. The lowest BCUT2D eigenvalue weighted by Gasteiger charge is -2.52. The predicted molar refractivity (Wildman–Crippen MR) is 142 cm³/mol. The second-order valence-electron chi connectivity index (χ2n) is 9.69. The third-order valence-electron chi connectivity index (χ3n) is 6.94. The molecule has 0 atom stereocenters. The summed E-state index contributed by atoms with van der Waals surface area (Å²) in [5, 5.41) is 3.33. The van der Waals surface area contributed by atoms with E-state index in [4.69, 9.17) is 21.1 Å². The zero-order chi connectivity index (χ0) is 28.5. The van der Waals surface area contributed by atoms with Gasteiger partial charge in [-0.05, 0) is 31.0 Å². The van der Waals surface area contributed by atoms with Crippen LogP contribution in [-0.2, 0) is 32.6 Å². The van der Waals surface area contributed by atoms with Crippen LogP contribution in [0.4, 0.5) is 29.5 Å². The van der Waals surface area contributed by atoms with Crippen molar-refractivity contribution in [2.45, 2.75) is 30.9 Å². The van der Waals surface area contributed by atoms with Gasteiger partial charge in [-0.2, -0.15) is 0 Å². The van der Waals surface area contributed by atoms with Gasteiger partial charge < -0.3 is 9.47 Å². The van der Waals surface area contributed by atoms with Crippen LogP contribution in [0.15, 0.2) is 40.1 Å². The van der Waals surface area contributed by atoms with Crippen molar-refractivity contribution < 1.29 is 35.9 Å². The van der Waals surface area contributed by atoms with Crippen LogP contribution < -0.4 is 10.0 Å². The van der Waals surface area contributed by atoms with Crippen molar-refractivity contribution >= 4 is 50.6 Å². The minimum absolute atomic E-state index is 0.00690. The lowest BCUT2D eigenvalue weighted by atomic mass is 9.73. The number of ether oxygens (including phenoxy) is 2. The van der Waals surface area contributed by atoms with Gasteiger partial charge in [0.05, 0.1) is 16.2 Å². The molecule has 3 heterocycles. The van der Waals surface area contributed by atoms with Crippen molar-refractivity contribution in [2.75, 3.05) is 36.3 Å². The Kier molecular flexibility index (Phi) is 8.25. The van der Waals surface area contributed by atoms with E-state index < -0.39 is 45.1 Å². The van der Waals surface area contributed by atoms with Crippen LogP contribution in [0.2, 0.25) is 5.02 Å². The maximum absolute atomic E-state index is 14.7. The molecule has 2 aromatic carbocycles. The van der Waals surface area contributed by atoms with E-state index in [-0.39, 0.29) is 39.6 Å². The smallest absolute Gasteiger partial charge is 0.412 e. The Labute approximate surface area is 237 Å². The number of nitrogens with one attached hydrogen (secondary N) is 2. The quantitative estimate of drug-likeness (QED) is 0.350. The number of hydrogen-bond acceptors (Lipinski definition) is 8. The fraction of sp³-hybridized carbons (Fsp3) is 0.360. The van der Waals surface area contributed by atoms with Gasteiger partial charge in [-0.15, -0.1) is 11.3 Å². The molecular weight excluding hydrogens is 593 g/mol. The van der Waals surface area contributed by atoms with Crippen LogP contribution in [0.1, 0.15) is 24.0 Å². The fourth-order valence-corrected chi connectivity index (χ4v) is 6.81. The van der Waals surface area contributed by atoms with E-state index in [0.29, 0.717) is 19.3 Å². The molecule has 2 aliphatic rings.